The second-order valence-corrected chi connectivity index (χ2v) is 7.13. The maximum atomic E-state index is 12.7. The number of amides is 2. The lowest BCUT2D eigenvalue weighted by Crippen LogP contribution is -2.30. The molecule has 0 aliphatic rings. The Bertz CT molecular complexity index is 1310. The van der Waals surface area contributed by atoms with Gasteiger partial charge in [-0.25, -0.2) is 4.79 Å². The molecule has 4 rings (SSSR count). The molecule has 0 saturated carbocycles. The lowest BCUT2D eigenvalue weighted by Gasteiger charge is -2.15. The summed E-state index contributed by atoms with van der Waals surface area (Å²) < 4.78 is 5.24. The van der Waals surface area contributed by atoms with Gasteiger partial charge in [-0.2, -0.15) is 0 Å². The number of benzene rings is 3. The van der Waals surface area contributed by atoms with Gasteiger partial charge in [-0.05, 0) is 48.9 Å². The number of carbonyl (C=O) groups is 2. The summed E-state index contributed by atoms with van der Waals surface area (Å²) in [5.74, 6) is -0.742. The van der Waals surface area contributed by atoms with Crippen LogP contribution in [0, 0.1) is 0 Å². The van der Waals surface area contributed by atoms with Gasteiger partial charge in [0.05, 0.1) is 6.04 Å². The van der Waals surface area contributed by atoms with E-state index in [1.165, 1.54) is 6.07 Å². The molecule has 2 amide bonds. The summed E-state index contributed by atoms with van der Waals surface area (Å²) in [6.45, 7) is 1.80. The van der Waals surface area contributed by atoms with E-state index in [2.05, 4.69) is 10.6 Å². The van der Waals surface area contributed by atoms with Crippen molar-refractivity contribution in [3.63, 3.8) is 0 Å². The minimum Gasteiger partial charge on any atom is -0.422 e. The van der Waals surface area contributed by atoms with Crippen molar-refractivity contribution in [2.75, 3.05) is 5.32 Å². The van der Waals surface area contributed by atoms with Crippen molar-refractivity contribution in [1.82, 2.24) is 5.32 Å². The summed E-state index contributed by atoms with van der Waals surface area (Å²) in [4.78, 5) is 37.3. The smallest absolute Gasteiger partial charge is 0.349 e. The molecule has 31 heavy (non-hydrogen) atoms. The van der Waals surface area contributed by atoms with Crippen LogP contribution in [0.3, 0.4) is 0 Å². The van der Waals surface area contributed by atoms with Crippen LogP contribution in [0.5, 0.6) is 0 Å². The van der Waals surface area contributed by atoms with Crippen LogP contribution in [-0.2, 0) is 0 Å². The quantitative estimate of drug-likeness (QED) is 0.471. The zero-order valence-electron chi connectivity index (χ0n) is 16.8. The largest absolute Gasteiger partial charge is 0.422 e. The summed E-state index contributed by atoms with van der Waals surface area (Å²) in [5.41, 5.74) is 1.63. The van der Waals surface area contributed by atoms with Crippen molar-refractivity contribution in [2.24, 2.45) is 0 Å². The molecule has 0 aliphatic carbocycles. The van der Waals surface area contributed by atoms with Gasteiger partial charge in [-0.1, -0.05) is 48.5 Å². The van der Waals surface area contributed by atoms with E-state index >= 15 is 0 Å². The van der Waals surface area contributed by atoms with E-state index in [9.17, 15) is 14.4 Å². The van der Waals surface area contributed by atoms with Crippen molar-refractivity contribution in [2.45, 2.75) is 13.0 Å². The third-order valence-electron chi connectivity index (χ3n) is 4.91. The maximum Gasteiger partial charge on any atom is 0.349 e. The van der Waals surface area contributed by atoms with Crippen LogP contribution >= 0.6 is 0 Å². The number of carbonyl (C=O) groups excluding carboxylic acids is 2. The number of para-hydroxylation sites is 1. The van der Waals surface area contributed by atoms with E-state index < -0.39 is 17.6 Å². The highest BCUT2D eigenvalue weighted by atomic mass is 16.4. The summed E-state index contributed by atoms with van der Waals surface area (Å²) >= 11 is 0. The standard InChI is InChI=1S/C25H20N2O4/c1-16(26-24(29)21-15-19-10-5-6-13-22(19)31-25(21)30)18-11-7-12-20(14-18)27-23(28)17-8-3-2-4-9-17/h2-16H,1H3,(H,26,29)(H,27,28)/t16-/m1/s1. The van der Waals surface area contributed by atoms with Crippen LogP contribution in [0.2, 0.25) is 0 Å². The van der Waals surface area contributed by atoms with Crippen LogP contribution in [0.4, 0.5) is 5.69 Å². The Labute approximate surface area is 178 Å². The fraction of sp³-hybridized carbons (Fsp3) is 0.0800. The molecule has 0 saturated heterocycles. The Hall–Kier alpha value is -4.19. The monoisotopic (exact) mass is 412 g/mol. The summed E-state index contributed by atoms with van der Waals surface area (Å²) in [5, 5.41) is 6.34. The minimum absolute atomic E-state index is 0.0564. The van der Waals surface area contributed by atoms with Crippen LogP contribution < -0.4 is 16.3 Å². The van der Waals surface area contributed by atoms with Gasteiger partial charge in [0, 0.05) is 16.6 Å². The van der Waals surface area contributed by atoms with Crippen LogP contribution in [0.1, 0.15) is 39.2 Å². The van der Waals surface area contributed by atoms with Crippen LogP contribution in [0.25, 0.3) is 11.0 Å². The van der Waals surface area contributed by atoms with Gasteiger partial charge >= 0.3 is 5.63 Å². The highest BCUT2D eigenvalue weighted by Crippen LogP contribution is 2.19. The molecular formula is C25H20N2O4. The van der Waals surface area contributed by atoms with Gasteiger partial charge in [-0.3, -0.25) is 9.59 Å². The molecule has 6 heteroatoms. The van der Waals surface area contributed by atoms with Gasteiger partial charge in [0.2, 0.25) is 0 Å². The molecule has 0 radical (unpaired) electrons. The van der Waals surface area contributed by atoms with Crippen molar-refractivity contribution in [1.29, 1.82) is 0 Å². The molecule has 0 bridgehead atoms. The predicted octanol–water partition coefficient (Wildman–Crippen LogP) is 4.54. The lowest BCUT2D eigenvalue weighted by atomic mass is 10.1. The number of anilines is 1. The Morgan fingerprint density at radius 3 is 2.39 bits per heavy atom. The van der Waals surface area contributed by atoms with Gasteiger partial charge in [0.1, 0.15) is 11.1 Å². The first-order valence-corrected chi connectivity index (χ1v) is 9.81. The highest BCUT2D eigenvalue weighted by molar-refractivity contribution is 6.04. The average Bonchev–Trinajstić information content (AvgIpc) is 2.79. The third kappa shape index (κ3) is 4.53. The first-order valence-electron chi connectivity index (χ1n) is 9.81. The molecule has 1 heterocycles. The lowest BCUT2D eigenvalue weighted by molar-refractivity contribution is 0.0935. The molecular weight excluding hydrogens is 392 g/mol. The number of hydrogen-bond acceptors (Lipinski definition) is 4. The van der Waals surface area contributed by atoms with Crippen molar-refractivity contribution < 1.29 is 14.0 Å². The molecule has 0 unspecified atom stereocenters. The topological polar surface area (TPSA) is 88.4 Å². The van der Waals surface area contributed by atoms with Crippen molar-refractivity contribution >= 4 is 28.5 Å². The number of rotatable bonds is 5. The summed E-state index contributed by atoms with van der Waals surface area (Å²) in [6.07, 6.45) is 0. The van der Waals surface area contributed by atoms with Gasteiger partial charge in [0.25, 0.3) is 11.8 Å². The molecule has 6 nitrogen and oxygen atoms in total. The maximum absolute atomic E-state index is 12.7. The zero-order chi connectivity index (χ0) is 21.8. The Kier molecular flexibility index (Phi) is 5.62. The SMILES string of the molecule is C[C@@H](NC(=O)c1cc2ccccc2oc1=O)c1cccc(NC(=O)c2ccccc2)c1. The Morgan fingerprint density at radius 1 is 0.839 bits per heavy atom. The van der Waals surface area contributed by atoms with Crippen LogP contribution in [0.15, 0.2) is 94.1 Å². The van der Waals surface area contributed by atoms with E-state index in [-0.39, 0.29) is 11.5 Å². The fourth-order valence-electron chi connectivity index (χ4n) is 3.26. The first-order chi connectivity index (χ1) is 15.0. The molecule has 154 valence electrons. The second kappa shape index (κ2) is 8.67. The second-order valence-electron chi connectivity index (χ2n) is 7.13. The van der Waals surface area contributed by atoms with Crippen LogP contribution in [-0.4, -0.2) is 11.8 Å². The highest BCUT2D eigenvalue weighted by Gasteiger charge is 2.17. The van der Waals surface area contributed by atoms with E-state index in [1.54, 1.807) is 67.6 Å². The molecule has 3 aromatic carbocycles. The summed E-state index contributed by atoms with van der Waals surface area (Å²) in [7, 11) is 0. The Balaban J connectivity index is 1.50. The summed E-state index contributed by atoms with van der Waals surface area (Å²) in [6, 6.07) is 24.3. The van der Waals surface area contributed by atoms with Gasteiger partial charge < -0.3 is 15.1 Å². The van der Waals surface area contributed by atoms with Gasteiger partial charge in [0.15, 0.2) is 0 Å². The molecule has 0 fully saturated rings. The Morgan fingerprint density at radius 2 is 1.58 bits per heavy atom. The normalized spacial score (nSPS) is 11.6. The molecule has 0 spiro atoms. The van der Waals surface area contributed by atoms with E-state index in [1.807, 2.05) is 18.2 Å². The van der Waals surface area contributed by atoms with E-state index in [0.717, 1.165) is 5.56 Å². The van der Waals surface area contributed by atoms with E-state index in [4.69, 9.17) is 4.42 Å². The first kappa shape index (κ1) is 20.1. The average molecular weight is 412 g/mol. The molecule has 2 N–H and O–H groups in total. The molecule has 1 atom stereocenters. The minimum atomic E-state index is -0.688. The molecule has 1 aromatic heterocycles. The fourth-order valence-corrected chi connectivity index (χ4v) is 3.26. The molecule has 4 aromatic rings. The van der Waals surface area contributed by atoms with Gasteiger partial charge in [-0.15, -0.1) is 0 Å². The third-order valence-corrected chi connectivity index (χ3v) is 4.91. The predicted molar refractivity (Wildman–Crippen MR) is 119 cm³/mol. The van der Waals surface area contributed by atoms with Crippen molar-refractivity contribution in [3.05, 3.63) is 112 Å². The number of hydrogen-bond donors (Lipinski definition) is 2. The van der Waals surface area contributed by atoms with E-state index in [0.29, 0.717) is 22.2 Å². The number of nitrogens with one attached hydrogen (secondary N) is 2. The number of fused-ring (bicyclic) bond motifs is 1. The zero-order valence-corrected chi connectivity index (χ0v) is 16.8. The molecule has 0 aliphatic heterocycles. The van der Waals surface area contributed by atoms with Crippen molar-refractivity contribution in [3.8, 4) is 0 Å².